The predicted molar refractivity (Wildman–Crippen MR) is 123 cm³/mol. The molecule has 0 saturated heterocycles. The van der Waals surface area contributed by atoms with Crippen molar-refractivity contribution in [2.24, 2.45) is 17.8 Å². The van der Waals surface area contributed by atoms with Crippen LogP contribution in [-0.2, 0) is 0 Å². The third kappa shape index (κ3) is 4.76. The van der Waals surface area contributed by atoms with Gasteiger partial charge in [-0.3, -0.25) is 0 Å². The van der Waals surface area contributed by atoms with Crippen molar-refractivity contribution in [3.63, 3.8) is 0 Å². The van der Waals surface area contributed by atoms with Crippen molar-refractivity contribution < 1.29 is 13.5 Å². The van der Waals surface area contributed by atoms with Gasteiger partial charge in [-0.15, -0.1) is 6.58 Å². The third-order valence-corrected chi connectivity index (χ3v) is 7.30. The number of hydrogen-bond donors (Lipinski definition) is 0. The van der Waals surface area contributed by atoms with Crippen LogP contribution in [0.5, 0.6) is 5.75 Å². The average molecular weight is 423 g/mol. The molecule has 3 heteroatoms. The average Bonchev–Trinajstić information content (AvgIpc) is 2.81. The van der Waals surface area contributed by atoms with Crippen molar-refractivity contribution in [2.45, 2.75) is 51.4 Å². The van der Waals surface area contributed by atoms with Crippen LogP contribution in [0.1, 0.15) is 56.9 Å². The van der Waals surface area contributed by atoms with Gasteiger partial charge in [0.05, 0.1) is 0 Å². The summed E-state index contributed by atoms with van der Waals surface area (Å²) in [5.74, 6) is 1.09. The summed E-state index contributed by atoms with van der Waals surface area (Å²) in [6, 6.07) is 11.2. The van der Waals surface area contributed by atoms with Crippen LogP contribution in [0.4, 0.5) is 8.78 Å². The molecule has 2 aliphatic rings. The van der Waals surface area contributed by atoms with Crippen molar-refractivity contribution in [1.82, 2.24) is 0 Å². The minimum Gasteiger partial charge on any atom is -0.486 e. The van der Waals surface area contributed by atoms with Gasteiger partial charge in [0.2, 0.25) is 5.82 Å². The zero-order valence-electron chi connectivity index (χ0n) is 18.3. The molecule has 2 saturated carbocycles. The number of benzene rings is 2. The lowest BCUT2D eigenvalue weighted by Crippen LogP contribution is -2.29. The quantitative estimate of drug-likeness (QED) is 0.428. The van der Waals surface area contributed by atoms with E-state index >= 15 is 0 Å². The Morgan fingerprint density at radius 2 is 1.68 bits per heavy atom. The number of halogens is 2. The maximum absolute atomic E-state index is 14.7. The minimum absolute atomic E-state index is 0.0566. The SMILES string of the molecule is C=CC1CCC2CC(c3ccc(-c4ccc(OC/C=C/C)c(F)c4F)cc3)CCC2C1. The molecule has 4 rings (SSSR count). The Hall–Kier alpha value is -2.42. The lowest BCUT2D eigenvalue weighted by atomic mass is 9.64. The Morgan fingerprint density at radius 1 is 0.935 bits per heavy atom. The van der Waals surface area contributed by atoms with Gasteiger partial charge < -0.3 is 4.74 Å². The largest absolute Gasteiger partial charge is 0.486 e. The van der Waals surface area contributed by atoms with Crippen LogP contribution in [0, 0.1) is 29.4 Å². The van der Waals surface area contributed by atoms with Gasteiger partial charge in [-0.1, -0.05) is 42.5 Å². The second-order valence-electron chi connectivity index (χ2n) is 9.08. The van der Waals surface area contributed by atoms with Gasteiger partial charge in [0.25, 0.3) is 0 Å². The third-order valence-electron chi connectivity index (χ3n) is 7.30. The topological polar surface area (TPSA) is 9.23 Å². The second kappa shape index (κ2) is 9.80. The summed E-state index contributed by atoms with van der Waals surface area (Å²) in [7, 11) is 0. The maximum Gasteiger partial charge on any atom is 0.201 e. The van der Waals surface area contributed by atoms with Crippen LogP contribution in [0.15, 0.2) is 61.2 Å². The highest BCUT2D eigenvalue weighted by Gasteiger charge is 2.35. The van der Waals surface area contributed by atoms with Crippen LogP contribution < -0.4 is 4.74 Å². The molecule has 4 unspecified atom stereocenters. The normalized spacial score (nSPS) is 25.9. The molecule has 0 radical (unpaired) electrons. The number of fused-ring (bicyclic) bond motifs is 1. The van der Waals surface area contributed by atoms with Gasteiger partial charge >= 0.3 is 0 Å². The van der Waals surface area contributed by atoms with E-state index < -0.39 is 11.6 Å². The van der Waals surface area contributed by atoms with Crippen LogP contribution in [0.2, 0.25) is 0 Å². The summed E-state index contributed by atoms with van der Waals surface area (Å²) in [6.45, 7) is 6.06. The molecule has 2 aromatic carbocycles. The number of ether oxygens (including phenoxy) is 1. The van der Waals surface area contributed by atoms with Crippen LogP contribution in [-0.4, -0.2) is 6.61 Å². The highest BCUT2D eigenvalue weighted by atomic mass is 19.2. The molecule has 1 nitrogen and oxygen atoms in total. The van der Waals surface area contributed by atoms with E-state index in [1.165, 1.54) is 50.2 Å². The summed E-state index contributed by atoms with van der Waals surface area (Å²) in [6.07, 6.45) is 13.3. The Morgan fingerprint density at radius 3 is 2.42 bits per heavy atom. The van der Waals surface area contributed by atoms with E-state index in [2.05, 4.69) is 24.8 Å². The Labute approximate surface area is 184 Å². The van der Waals surface area contributed by atoms with E-state index in [4.69, 9.17) is 4.74 Å². The van der Waals surface area contributed by atoms with Crippen molar-refractivity contribution in [1.29, 1.82) is 0 Å². The second-order valence-corrected chi connectivity index (χ2v) is 9.08. The molecule has 0 bridgehead atoms. The summed E-state index contributed by atoms with van der Waals surface area (Å²) in [5.41, 5.74) is 2.29. The van der Waals surface area contributed by atoms with E-state index in [0.717, 1.165) is 11.8 Å². The highest BCUT2D eigenvalue weighted by molar-refractivity contribution is 5.65. The van der Waals surface area contributed by atoms with Crippen LogP contribution >= 0.6 is 0 Å². The monoisotopic (exact) mass is 422 g/mol. The van der Waals surface area contributed by atoms with Gasteiger partial charge in [-0.25, -0.2) is 4.39 Å². The minimum atomic E-state index is -0.931. The fourth-order valence-corrected chi connectivity index (χ4v) is 5.48. The molecule has 164 valence electrons. The lowest BCUT2D eigenvalue weighted by Gasteiger charge is -2.41. The molecule has 2 fully saturated rings. The number of hydrogen-bond acceptors (Lipinski definition) is 1. The number of allylic oxidation sites excluding steroid dienone is 2. The molecule has 0 spiro atoms. The fourth-order valence-electron chi connectivity index (χ4n) is 5.48. The summed E-state index contributed by atoms with van der Waals surface area (Å²) in [5, 5.41) is 0. The van der Waals surface area contributed by atoms with E-state index in [0.29, 0.717) is 17.4 Å². The van der Waals surface area contributed by atoms with Crippen molar-refractivity contribution in [2.75, 3.05) is 6.61 Å². The molecular formula is C28H32F2O. The molecule has 31 heavy (non-hydrogen) atoms. The molecule has 0 aliphatic heterocycles. The van der Waals surface area contributed by atoms with Gasteiger partial charge in [-0.2, -0.15) is 4.39 Å². The van der Waals surface area contributed by atoms with Gasteiger partial charge in [0.1, 0.15) is 6.61 Å². The predicted octanol–water partition coefficient (Wildman–Crippen LogP) is 8.07. The van der Waals surface area contributed by atoms with E-state index in [1.54, 1.807) is 12.1 Å². The van der Waals surface area contributed by atoms with Crippen molar-refractivity contribution in [3.8, 4) is 16.9 Å². The van der Waals surface area contributed by atoms with Gasteiger partial charge in [0, 0.05) is 5.56 Å². The zero-order chi connectivity index (χ0) is 21.8. The Kier molecular flexibility index (Phi) is 6.89. The highest BCUT2D eigenvalue weighted by Crippen LogP contribution is 2.48. The first-order valence-electron chi connectivity index (χ1n) is 11.6. The Balaban J connectivity index is 1.45. The standard InChI is InChI=1S/C28H32F2O/c1-3-5-16-31-26-15-14-25(27(29)28(26)30)21-10-8-20(9-11-21)23-13-12-22-17-19(4-2)6-7-24(22)18-23/h3-5,8-11,14-15,19,22-24H,2,6-7,12-13,16-18H2,1H3/b5-3+. The summed E-state index contributed by atoms with van der Waals surface area (Å²) < 4.78 is 34.4. The van der Waals surface area contributed by atoms with Gasteiger partial charge in [0.15, 0.2) is 11.6 Å². The first-order chi connectivity index (χ1) is 15.1. The molecule has 2 aromatic rings. The molecular weight excluding hydrogens is 390 g/mol. The lowest BCUT2D eigenvalue weighted by molar-refractivity contribution is 0.133. The summed E-state index contributed by atoms with van der Waals surface area (Å²) in [4.78, 5) is 0. The van der Waals surface area contributed by atoms with Gasteiger partial charge in [-0.05, 0) is 92.4 Å². The van der Waals surface area contributed by atoms with Crippen LogP contribution in [0.25, 0.3) is 11.1 Å². The molecule has 0 amide bonds. The smallest absolute Gasteiger partial charge is 0.201 e. The molecule has 0 N–H and O–H groups in total. The van der Waals surface area contributed by atoms with Crippen molar-refractivity contribution >= 4 is 0 Å². The van der Waals surface area contributed by atoms with E-state index in [9.17, 15) is 8.78 Å². The molecule has 0 aromatic heterocycles. The fraction of sp³-hybridized carbons (Fsp3) is 0.429. The zero-order valence-corrected chi connectivity index (χ0v) is 18.3. The van der Waals surface area contributed by atoms with E-state index in [-0.39, 0.29) is 17.9 Å². The first kappa shape index (κ1) is 21.8. The molecule has 2 aliphatic carbocycles. The summed E-state index contributed by atoms with van der Waals surface area (Å²) >= 11 is 0. The number of rotatable bonds is 6. The van der Waals surface area contributed by atoms with Crippen molar-refractivity contribution in [3.05, 3.63) is 78.4 Å². The Bertz CT molecular complexity index is 931. The van der Waals surface area contributed by atoms with Crippen LogP contribution in [0.3, 0.4) is 0 Å². The molecule has 4 atom stereocenters. The maximum atomic E-state index is 14.7. The first-order valence-corrected chi connectivity index (χ1v) is 11.6. The molecule has 0 heterocycles. The van der Waals surface area contributed by atoms with E-state index in [1.807, 2.05) is 25.1 Å².